The fraction of sp³-hybridized carbons (Fsp3) is 0.786. The van der Waals surface area contributed by atoms with Crippen LogP contribution >= 0.6 is 0 Å². The third-order valence-corrected chi connectivity index (χ3v) is 5.82. The molecule has 20 heavy (non-hydrogen) atoms. The number of nitrogens with zero attached hydrogens (tertiary/aromatic N) is 2. The molecule has 6 heteroatoms. The lowest BCUT2D eigenvalue weighted by Crippen LogP contribution is -2.37. The molecule has 1 aromatic heterocycles. The van der Waals surface area contributed by atoms with Crippen LogP contribution in [0, 0.1) is 0 Å². The Kier molecular flexibility index (Phi) is 5.21. The van der Waals surface area contributed by atoms with Gasteiger partial charge in [-0.1, -0.05) is 13.8 Å². The molecule has 5 nitrogen and oxygen atoms in total. The van der Waals surface area contributed by atoms with Crippen molar-refractivity contribution in [3.05, 3.63) is 18.0 Å². The monoisotopic (exact) mass is 299 g/mol. The molecular weight excluding hydrogens is 274 g/mol. The molecule has 0 spiro atoms. The molecular formula is C14H25N3O2S. The molecule has 0 radical (unpaired) electrons. The third-order valence-electron chi connectivity index (χ3n) is 4.11. The van der Waals surface area contributed by atoms with Gasteiger partial charge >= 0.3 is 0 Å². The second kappa shape index (κ2) is 6.72. The van der Waals surface area contributed by atoms with Crippen molar-refractivity contribution in [3.63, 3.8) is 0 Å². The zero-order valence-corrected chi connectivity index (χ0v) is 13.2. The molecule has 0 amide bonds. The average Bonchev–Trinajstić information content (AvgIpc) is 2.88. The standard InChI is InChI=1S/C14H25N3O2S/c1-3-14(4-2)17-8-5-13(16-17)11-15-12-6-9-20(18,19)10-7-12/h5,8,12,14-15H,3-4,6-7,9-11H2,1-2H3. The molecule has 0 bridgehead atoms. The van der Waals surface area contributed by atoms with Crippen molar-refractivity contribution >= 4 is 9.84 Å². The van der Waals surface area contributed by atoms with Gasteiger partial charge in [0.05, 0.1) is 23.2 Å². The molecule has 1 aliphatic rings. The van der Waals surface area contributed by atoms with Crippen molar-refractivity contribution < 1.29 is 8.42 Å². The highest BCUT2D eigenvalue weighted by Crippen LogP contribution is 2.15. The second-order valence-corrected chi connectivity index (χ2v) is 7.87. The zero-order chi connectivity index (χ0) is 14.6. The zero-order valence-electron chi connectivity index (χ0n) is 12.4. The minimum atomic E-state index is -2.77. The molecule has 1 fully saturated rings. The summed E-state index contributed by atoms with van der Waals surface area (Å²) in [4.78, 5) is 0. The Hall–Kier alpha value is -0.880. The molecule has 1 aliphatic heterocycles. The Morgan fingerprint density at radius 2 is 2.00 bits per heavy atom. The predicted octanol–water partition coefficient (Wildman–Crippen LogP) is 1.91. The number of aromatic nitrogens is 2. The first-order chi connectivity index (χ1) is 9.54. The van der Waals surface area contributed by atoms with Gasteiger partial charge in [0.15, 0.2) is 0 Å². The Morgan fingerprint density at radius 1 is 1.35 bits per heavy atom. The van der Waals surface area contributed by atoms with E-state index in [1.54, 1.807) is 0 Å². The number of hydrogen-bond donors (Lipinski definition) is 1. The van der Waals surface area contributed by atoms with Gasteiger partial charge in [-0.2, -0.15) is 5.10 Å². The van der Waals surface area contributed by atoms with Gasteiger partial charge in [0.1, 0.15) is 9.84 Å². The van der Waals surface area contributed by atoms with Gasteiger partial charge in [0.2, 0.25) is 0 Å². The van der Waals surface area contributed by atoms with E-state index in [2.05, 4.69) is 24.3 Å². The summed E-state index contributed by atoms with van der Waals surface area (Å²) < 4.78 is 24.8. The molecule has 1 N–H and O–H groups in total. The van der Waals surface area contributed by atoms with E-state index in [-0.39, 0.29) is 0 Å². The SMILES string of the molecule is CCC(CC)n1ccc(CNC2CCS(=O)(=O)CC2)n1. The first-order valence-electron chi connectivity index (χ1n) is 7.52. The van der Waals surface area contributed by atoms with Crippen LogP contribution in [0.2, 0.25) is 0 Å². The number of rotatable bonds is 6. The van der Waals surface area contributed by atoms with Crippen LogP contribution in [0.15, 0.2) is 12.3 Å². The van der Waals surface area contributed by atoms with Crippen molar-refractivity contribution in [1.82, 2.24) is 15.1 Å². The van der Waals surface area contributed by atoms with E-state index < -0.39 is 9.84 Å². The molecule has 0 unspecified atom stereocenters. The van der Waals surface area contributed by atoms with E-state index in [4.69, 9.17) is 0 Å². The van der Waals surface area contributed by atoms with Crippen molar-refractivity contribution in [3.8, 4) is 0 Å². The minimum Gasteiger partial charge on any atom is -0.308 e. The summed E-state index contributed by atoms with van der Waals surface area (Å²) in [5.41, 5.74) is 1.03. The van der Waals surface area contributed by atoms with E-state index >= 15 is 0 Å². The van der Waals surface area contributed by atoms with Crippen molar-refractivity contribution in [1.29, 1.82) is 0 Å². The maximum absolute atomic E-state index is 11.4. The van der Waals surface area contributed by atoms with Gasteiger partial charge in [-0.05, 0) is 31.7 Å². The topological polar surface area (TPSA) is 64.0 Å². The van der Waals surface area contributed by atoms with E-state index in [1.807, 2.05) is 16.9 Å². The van der Waals surface area contributed by atoms with E-state index in [0.29, 0.717) is 23.6 Å². The lowest BCUT2D eigenvalue weighted by Gasteiger charge is -2.22. The Morgan fingerprint density at radius 3 is 2.60 bits per heavy atom. The lowest BCUT2D eigenvalue weighted by molar-refractivity contribution is 0.418. The summed E-state index contributed by atoms with van der Waals surface area (Å²) in [6.07, 6.45) is 5.66. The van der Waals surface area contributed by atoms with Crippen LogP contribution in [0.5, 0.6) is 0 Å². The predicted molar refractivity (Wildman–Crippen MR) is 80.4 cm³/mol. The smallest absolute Gasteiger partial charge is 0.150 e. The Labute approximate surface area is 121 Å². The van der Waals surface area contributed by atoms with E-state index in [0.717, 1.165) is 37.9 Å². The minimum absolute atomic E-state index is 0.303. The molecule has 2 heterocycles. The normalized spacial score (nSPS) is 19.6. The van der Waals surface area contributed by atoms with Gasteiger partial charge < -0.3 is 5.32 Å². The molecule has 0 aliphatic carbocycles. The van der Waals surface area contributed by atoms with E-state index in [1.165, 1.54) is 0 Å². The second-order valence-electron chi connectivity index (χ2n) is 5.56. The highest BCUT2D eigenvalue weighted by molar-refractivity contribution is 7.91. The molecule has 0 atom stereocenters. The van der Waals surface area contributed by atoms with Crippen molar-refractivity contribution in [2.45, 2.75) is 58.2 Å². The summed E-state index contributed by atoms with van der Waals surface area (Å²) in [6, 6.07) is 2.82. The molecule has 2 rings (SSSR count). The van der Waals surface area contributed by atoms with Crippen LogP contribution in [0.25, 0.3) is 0 Å². The summed E-state index contributed by atoms with van der Waals surface area (Å²) >= 11 is 0. The first kappa shape index (κ1) is 15.5. The highest BCUT2D eigenvalue weighted by Gasteiger charge is 2.23. The Bertz CT molecular complexity index is 506. The molecule has 1 aromatic rings. The number of hydrogen-bond acceptors (Lipinski definition) is 4. The van der Waals surface area contributed by atoms with Crippen molar-refractivity contribution in [2.24, 2.45) is 0 Å². The fourth-order valence-electron chi connectivity index (χ4n) is 2.68. The van der Waals surface area contributed by atoms with Crippen molar-refractivity contribution in [2.75, 3.05) is 11.5 Å². The summed E-state index contributed by atoms with van der Waals surface area (Å²) in [5.74, 6) is 0.625. The van der Waals surface area contributed by atoms with Gasteiger partial charge in [0, 0.05) is 18.8 Å². The third kappa shape index (κ3) is 4.06. The summed E-state index contributed by atoms with van der Waals surface area (Å²) in [5, 5.41) is 8.02. The van der Waals surface area contributed by atoms with Crippen LogP contribution < -0.4 is 5.32 Å². The van der Waals surface area contributed by atoms with E-state index in [9.17, 15) is 8.42 Å². The van der Waals surface area contributed by atoms with Gasteiger partial charge in [-0.3, -0.25) is 4.68 Å². The Balaban J connectivity index is 1.83. The number of nitrogens with one attached hydrogen (secondary N) is 1. The van der Waals surface area contributed by atoms with Gasteiger partial charge in [-0.25, -0.2) is 8.42 Å². The lowest BCUT2D eigenvalue weighted by atomic mass is 10.1. The average molecular weight is 299 g/mol. The number of sulfone groups is 1. The highest BCUT2D eigenvalue weighted by atomic mass is 32.2. The quantitative estimate of drug-likeness (QED) is 0.871. The van der Waals surface area contributed by atoms with Gasteiger partial charge in [0.25, 0.3) is 0 Å². The molecule has 0 saturated carbocycles. The van der Waals surface area contributed by atoms with Crippen LogP contribution in [0.4, 0.5) is 0 Å². The first-order valence-corrected chi connectivity index (χ1v) is 9.34. The maximum Gasteiger partial charge on any atom is 0.150 e. The van der Waals surface area contributed by atoms with Crippen LogP contribution in [-0.2, 0) is 16.4 Å². The van der Waals surface area contributed by atoms with Crippen LogP contribution in [0.3, 0.4) is 0 Å². The largest absolute Gasteiger partial charge is 0.308 e. The summed E-state index contributed by atoms with van der Waals surface area (Å²) in [6.45, 7) is 5.07. The molecule has 0 aromatic carbocycles. The maximum atomic E-state index is 11.4. The van der Waals surface area contributed by atoms with Crippen LogP contribution in [0.1, 0.15) is 51.3 Å². The fourth-order valence-corrected chi connectivity index (χ4v) is 4.17. The van der Waals surface area contributed by atoms with Crippen LogP contribution in [-0.4, -0.2) is 35.7 Å². The molecule has 1 saturated heterocycles. The summed E-state index contributed by atoms with van der Waals surface area (Å²) in [7, 11) is -2.77. The molecule has 114 valence electrons. The van der Waals surface area contributed by atoms with Gasteiger partial charge in [-0.15, -0.1) is 0 Å².